The Balaban J connectivity index is 1.84. The van der Waals surface area contributed by atoms with E-state index >= 15 is 0 Å². The molecule has 1 aliphatic rings. The van der Waals surface area contributed by atoms with Crippen molar-refractivity contribution in [2.24, 2.45) is 5.92 Å². The first kappa shape index (κ1) is 11.2. The Bertz CT molecular complexity index is 376. The van der Waals surface area contributed by atoms with Gasteiger partial charge in [-0.3, -0.25) is 0 Å². The third-order valence-electron chi connectivity index (χ3n) is 2.17. The van der Waals surface area contributed by atoms with Gasteiger partial charge in [-0.1, -0.05) is 0 Å². The van der Waals surface area contributed by atoms with Gasteiger partial charge in [-0.05, 0) is 28.1 Å². The van der Waals surface area contributed by atoms with Gasteiger partial charge in [0.2, 0.25) is 5.88 Å². The zero-order valence-electron chi connectivity index (χ0n) is 8.48. The number of carbonyl (C=O) groups excluding carboxylic acids is 1. The summed E-state index contributed by atoms with van der Waals surface area (Å²) < 4.78 is 11.2. The van der Waals surface area contributed by atoms with E-state index < -0.39 is 0 Å². The Kier molecular flexibility index (Phi) is 3.61. The van der Waals surface area contributed by atoms with E-state index in [-0.39, 0.29) is 12.0 Å². The molecule has 1 amide bonds. The third kappa shape index (κ3) is 2.85. The van der Waals surface area contributed by atoms with Crippen LogP contribution in [0, 0.1) is 5.92 Å². The number of carbonyl (C=O) groups is 1. The van der Waals surface area contributed by atoms with E-state index in [1.54, 1.807) is 6.20 Å². The Morgan fingerprint density at radius 2 is 2.56 bits per heavy atom. The lowest BCUT2D eigenvalue weighted by Gasteiger charge is -2.22. The molecule has 16 heavy (non-hydrogen) atoms. The van der Waals surface area contributed by atoms with Crippen molar-refractivity contribution >= 4 is 22.0 Å². The molecule has 1 aromatic rings. The first-order valence-electron chi connectivity index (χ1n) is 4.89. The van der Waals surface area contributed by atoms with Gasteiger partial charge in [0.15, 0.2) is 0 Å². The summed E-state index contributed by atoms with van der Waals surface area (Å²) >= 11 is 3.34. The minimum absolute atomic E-state index is 0.159. The molecule has 86 valence electrons. The van der Waals surface area contributed by atoms with E-state index in [1.807, 2.05) is 12.1 Å². The summed E-state index contributed by atoms with van der Waals surface area (Å²) in [4.78, 5) is 14.8. The lowest BCUT2D eigenvalue weighted by Crippen LogP contribution is -2.41. The van der Waals surface area contributed by atoms with Gasteiger partial charge in [0.05, 0.1) is 11.1 Å². The molecule has 0 aliphatic carbocycles. The fraction of sp³-hybridized carbons (Fsp3) is 0.400. The normalized spacial score (nSPS) is 19.8. The first-order chi connectivity index (χ1) is 7.75. The van der Waals surface area contributed by atoms with Crippen molar-refractivity contribution in [3.05, 3.63) is 22.8 Å². The highest BCUT2D eigenvalue weighted by molar-refractivity contribution is 9.10. The number of halogens is 1. The van der Waals surface area contributed by atoms with Gasteiger partial charge in [-0.25, -0.2) is 9.78 Å². The second kappa shape index (κ2) is 5.16. The molecular formula is C10H11BrN2O3. The van der Waals surface area contributed by atoms with Crippen LogP contribution >= 0.6 is 15.9 Å². The van der Waals surface area contributed by atoms with Gasteiger partial charge < -0.3 is 14.8 Å². The Morgan fingerprint density at radius 1 is 1.69 bits per heavy atom. The number of amides is 1. The van der Waals surface area contributed by atoms with E-state index in [9.17, 15) is 4.79 Å². The number of rotatable bonds is 3. The van der Waals surface area contributed by atoms with Crippen molar-refractivity contribution in [1.82, 2.24) is 10.3 Å². The van der Waals surface area contributed by atoms with Crippen molar-refractivity contribution in [2.45, 2.75) is 0 Å². The van der Waals surface area contributed by atoms with E-state index in [4.69, 9.17) is 9.47 Å². The van der Waals surface area contributed by atoms with Crippen LogP contribution in [0.15, 0.2) is 22.8 Å². The molecule has 1 N–H and O–H groups in total. The molecule has 1 aromatic heterocycles. The van der Waals surface area contributed by atoms with E-state index in [0.29, 0.717) is 25.6 Å². The van der Waals surface area contributed by atoms with Gasteiger partial charge in [-0.15, -0.1) is 0 Å². The number of alkyl carbamates (subject to hydrolysis) is 1. The summed E-state index contributed by atoms with van der Waals surface area (Å²) in [6, 6.07) is 3.68. The van der Waals surface area contributed by atoms with Crippen LogP contribution in [-0.4, -0.2) is 30.8 Å². The van der Waals surface area contributed by atoms with Gasteiger partial charge in [-0.2, -0.15) is 0 Å². The highest BCUT2D eigenvalue weighted by Gasteiger charge is 2.19. The monoisotopic (exact) mass is 286 g/mol. The molecule has 0 radical (unpaired) electrons. The summed E-state index contributed by atoms with van der Waals surface area (Å²) in [7, 11) is 0. The van der Waals surface area contributed by atoms with E-state index in [0.717, 1.165) is 4.47 Å². The standard InChI is InChI=1S/C10H11BrN2O3/c11-8-2-1-3-12-9(8)15-5-7-4-13-10(14)16-6-7/h1-3,7H,4-6H2,(H,13,14). The van der Waals surface area contributed by atoms with E-state index in [2.05, 4.69) is 26.2 Å². The molecule has 6 heteroatoms. The van der Waals surface area contributed by atoms with Gasteiger partial charge in [0.1, 0.15) is 6.61 Å². The van der Waals surface area contributed by atoms with Crippen LogP contribution in [0.2, 0.25) is 0 Å². The number of aromatic nitrogens is 1. The van der Waals surface area contributed by atoms with Gasteiger partial charge >= 0.3 is 6.09 Å². The molecule has 0 saturated carbocycles. The fourth-order valence-corrected chi connectivity index (χ4v) is 1.68. The number of pyridine rings is 1. The lowest BCUT2D eigenvalue weighted by molar-refractivity contribution is 0.0826. The molecule has 1 aliphatic heterocycles. The van der Waals surface area contributed by atoms with Gasteiger partial charge in [0.25, 0.3) is 0 Å². The predicted octanol–water partition coefficient (Wildman–Crippen LogP) is 1.58. The molecular weight excluding hydrogens is 276 g/mol. The van der Waals surface area contributed by atoms with Crippen molar-refractivity contribution in [3.8, 4) is 5.88 Å². The van der Waals surface area contributed by atoms with Crippen LogP contribution in [0.25, 0.3) is 0 Å². The molecule has 0 aromatic carbocycles. The number of cyclic esters (lactones) is 1. The molecule has 1 saturated heterocycles. The molecule has 1 unspecified atom stereocenters. The van der Waals surface area contributed by atoms with Crippen LogP contribution in [0.1, 0.15) is 0 Å². The van der Waals surface area contributed by atoms with Crippen LogP contribution in [-0.2, 0) is 4.74 Å². The zero-order chi connectivity index (χ0) is 11.4. The summed E-state index contributed by atoms with van der Waals surface area (Å²) in [5.41, 5.74) is 0. The number of hydrogen-bond acceptors (Lipinski definition) is 4. The molecule has 2 heterocycles. The van der Waals surface area contributed by atoms with Gasteiger partial charge in [0, 0.05) is 18.7 Å². The fourth-order valence-electron chi connectivity index (χ4n) is 1.31. The maximum atomic E-state index is 10.7. The maximum absolute atomic E-state index is 10.7. The van der Waals surface area contributed by atoms with Crippen molar-refractivity contribution in [3.63, 3.8) is 0 Å². The Labute approximate surface area is 101 Å². The Morgan fingerprint density at radius 3 is 3.25 bits per heavy atom. The van der Waals surface area contributed by atoms with E-state index in [1.165, 1.54) is 0 Å². The quantitative estimate of drug-likeness (QED) is 0.917. The molecule has 2 rings (SSSR count). The van der Waals surface area contributed by atoms with Crippen LogP contribution in [0.4, 0.5) is 4.79 Å². The van der Waals surface area contributed by atoms with Crippen molar-refractivity contribution in [2.75, 3.05) is 19.8 Å². The average Bonchev–Trinajstić information content (AvgIpc) is 2.30. The summed E-state index contributed by atoms with van der Waals surface area (Å²) in [5, 5.41) is 2.61. The summed E-state index contributed by atoms with van der Waals surface area (Å²) in [6.45, 7) is 1.43. The molecule has 0 bridgehead atoms. The highest BCUT2D eigenvalue weighted by Crippen LogP contribution is 2.21. The first-order valence-corrected chi connectivity index (χ1v) is 5.69. The zero-order valence-corrected chi connectivity index (χ0v) is 10.1. The second-order valence-corrected chi connectivity index (χ2v) is 4.30. The lowest BCUT2D eigenvalue weighted by atomic mass is 10.1. The Hall–Kier alpha value is -1.30. The third-order valence-corrected chi connectivity index (χ3v) is 2.77. The number of hydrogen-bond donors (Lipinski definition) is 1. The average molecular weight is 287 g/mol. The van der Waals surface area contributed by atoms with Crippen LogP contribution in [0.5, 0.6) is 5.88 Å². The molecule has 5 nitrogen and oxygen atoms in total. The van der Waals surface area contributed by atoms with Crippen LogP contribution < -0.4 is 10.1 Å². The summed E-state index contributed by atoms with van der Waals surface area (Å²) in [5.74, 6) is 0.714. The number of nitrogens with zero attached hydrogens (tertiary/aromatic N) is 1. The topological polar surface area (TPSA) is 60.5 Å². The van der Waals surface area contributed by atoms with Crippen LogP contribution in [0.3, 0.4) is 0 Å². The molecule has 1 fully saturated rings. The summed E-state index contributed by atoms with van der Waals surface area (Å²) in [6.07, 6.45) is 1.30. The highest BCUT2D eigenvalue weighted by atomic mass is 79.9. The molecule has 1 atom stereocenters. The SMILES string of the molecule is O=C1NCC(COc2ncccc2Br)CO1. The maximum Gasteiger partial charge on any atom is 0.407 e. The smallest absolute Gasteiger partial charge is 0.407 e. The van der Waals surface area contributed by atoms with Crippen molar-refractivity contribution < 1.29 is 14.3 Å². The number of nitrogens with one attached hydrogen (secondary N) is 1. The molecule has 0 spiro atoms. The predicted molar refractivity (Wildman–Crippen MR) is 60.3 cm³/mol. The largest absolute Gasteiger partial charge is 0.476 e. The minimum Gasteiger partial charge on any atom is -0.476 e. The number of ether oxygens (including phenoxy) is 2. The minimum atomic E-state index is -0.365. The second-order valence-electron chi connectivity index (χ2n) is 3.45. The van der Waals surface area contributed by atoms with Crippen molar-refractivity contribution in [1.29, 1.82) is 0 Å².